The number of nitrogens with one attached hydrogen (secondary N) is 2. The molecule has 2 aromatic carbocycles. The van der Waals surface area contributed by atoms with Crippen molar-refractivity contribution < 1.29 is 9.18 Å². The number of H-pyrrole nitrogens is 1. The lowest BCUT2D eigenvalue weighted by Gasteiger charge is -2.05. The molecule has 2 heterocycles. The third-order valence-electron chi connectivity index (χ3n) is 4.63. The van der Waals surface area contributed by atoms with Gasteiger partial charge in [-0.1, -0.05) is 6.07 Å². The summed E-state index contributed by atoms with van der Waals surface area (Å²) in [6.45, 7) is 2.47. The number of pyridine rings is 1. The van der Waals surface area contributed by atoms with Gasteiger partial charge in [0.25, 0.3) is 5.91 Å². The van der Waals surface area contributed by atoms with Crippen molar-refractivity contribution in [3.8, 4) is 11.3 Å². The molecule has 134 valence electrons. The fourth-order valence-corrected chi connectivity index (χ4v) is 3.17. The summed E-state index contributed by atoms with van der Waals surface area (Å²) in [4.78, 5) is 19.5. The SMILES string of the molecule is Cc1c(-c2ccc(F)cc2)[nH]c2ccc(CNC(=O)c3cccnc3)cc12. The topological polar surface area (TPSA) is 57.8 Å². The molecule has 0 spiro atoms. The van der Waals surface area contributed by atoms with Crippen molar-refractivity contribution in [1.29, 1.82) is 0 Å². The molecule has 0 aliphatic carbocycles. The largest absolute Gasteiger partial charge is 0.354 e. The molecule has 0 aliphatic heterocycles. The first kappa shape index (κ1) is 17.0. The molecule has 0 saturated heterocycles. The van der Waals surface area contributed by atoms with E-state index >= 15 is 0 Å². The second kappa shape index (κ2) is 7.03. The Hall–Kier alpha value is -3.47. The Labute approximate surface area is 156 Å². The van der Waals surface area contributed by atoms with E-state index in [9.17, 15) is 9.18 Å². The van der Waals surface area contributed by atoms with Gasteiger partial charge in [0.1, 0.15) is 5.82 Å². The van der Waals surface area contributed by atoms with Crippen LogP contribution in [0.1, 0.15) is 21.5 Å². The van der Waals surface area contributed by atoms with Gasteiger partial charge in [0.05, 0.1) is 5.56 Å². The number of benzene rings is 2. The zero-order valence-corrected chi connectivity index (χ0v) is 14.8. The van der Waals surface area contributed by atoms with Gasteiger partial charge in [0.15, 0.2) is 0 Å². The van der Waals surface area contributed by atoms with Crippen LogP contribution < -0.4 is 5.32 Å². The number of fused-ring (bicyclic) bond motifs is 1. The van der Waals surface area contributed by atoms with Crippen molar-refractivity contribution in [3.05, 3.63) is 89.5 Å². The van der Waals surface area contributed by atoms with E-state index in [2.05, 4.69) is 21.4 Å². The number of nitrogens with zero attached hydrogens (tertiary/aromatic N) is 1. The van der Waals surface area contributed by atoms with Crippen LogP contribution in [0.5, 0.6) is 0 Å². The van der Waals surface area contributed by atoms with Gasteiger partial charge in [-0.2, -0.15) is 0 Å². The molecule has 2 N–H and O–H groups in total. The quantitative estimate of drug-likeness (QED) is 0.559. The predicted octanol–water partition coefficient (Wildman–Crippen LogP) is 4.61. The summed E-state index contributed by atoms with van der Waals surface area (Å²) in [6.07, 6.45) is 3.18. The monoisotopic (exact) mass is 359 g/mol. The third kappa shape index (κ3) is 3.44. The summed E-state index contributed by atoms with van der Waals surface area (Å²) in [5.41, 5.74) is 5.56. The van der Waals surface area contributed by atoms with Crippen molar-refractivity contribution >= 4 is 16.8 Å². The van der Waals surface area contributed by atoms with Gasteiger partial charge in [-0.3, -0.25) is 9.78 Å². The van der Waals surface area contributed by atoms with Crippen LogP contribution in [-0.2, 0) is 6.54 Å². The summed E-state index contributed by atoms with van der Waals surface area (Å²) in [5, 5.41) is 4.00. The van der Waals surface area contributed by atoms with Crippen LogP contribution in [0.2, 0.25) is 0 Å². The molecule has 0 fully saturated rings. The fourth-order valence-electron chi connectivity index (χ4n) is 3.17. The smallest absolute Gasteiger partial charge is 0.253 e. The Morgan fingerprint density at radius 1 is 1.15 bits per heavy atom. The van der Waals surface area contributed by atoms with Crippen molar-refractivity contribution in [1.82, 2.24) is 15.3 Å². The van der Waals surface area contributed by atoms with E-state index in [1.165, 1.54) is 12.1 Å². The Morgan fingerprint density at radius 3 is 2.70 bits per heavy atom. The highest BCUT2D eigenvalue weighted by Gasteiger charge is 2.11. The molecule has 0 atom stereocenters. The zero-order chi connectivity index (χ0) is 18.8. The molecule has 4 rings (SSSR count). The number of aromatic amines is 1. The number of carbonyl (C=O) groups is 1. The summed E-state index contributed by atoms with van der Waals surface area (Å²) in [7, 11) is 0. The maximum absolute atomic E-state index is 13.2. The lowest BCUT2D eigenvalue weighted by Crippen LogP contribution is -2.22. The van der Waals surface area contributed by atoms with E-state index in [0.29, 0.717) is 12.1 Å². The highest BCUT2D eigenvalue weighted by Crippen LogP contribution is 2.30. The van der Waals surface area contributed by atoms with Gasteiger partial charge < -0.3 is 10.3 Å². The van der Waals surface area contributed by atoms with E-state index in [1.807, 2.05) is 19.1 Å². The van der Waals surface area contributed by atoms with Crippen LogP contribution in [0, 0.1) is 12.7 Å². The summed E-state index contributed by atoms with van der Waals surface area (Å²) >= 11 is 0. The summed E-state index contributed by atoms with van der Waals surface area (Å²) in [5.74, 6) is -0.403. The molecule has 0 saturated carbocycles. The molecule has 0 radical (unpaired) electrons. The maximum atomic E-state index is 13.2. The first-order valence-electron chi connectivity index (χ1n) is 8.67. The lowest BCUT2D eigenvalue weighted by atomic mass is 10.0. The normalized spacial score (nSPS) is 10.9. The Morgan fingerprint density at radius 2 is 1.96 bits per heavy atom. The molecule has 4 nitrogen and oxygen atoms in total. The number of amides is 1. The van der Waals surface area contributed by atoms with Crippen LogP contribution >= 0.6 is 0 Å². The predicted molar refractivity (Wildman–Crippen MR) is 104 cm³/mol. The Kier molecular flexibility index (Phi) is 4.42. The van der Waals surface area contributed by atoms with Gasteiger partial charge in [-0.15, -0.1) is 0 Å². The molecular formula is C22H18FN3O. The average Bonchev–Trinajstić information content (AvgIpc) is 3.03. The van der Waals surface area contributed by atoms with Crippen LogP contribution in [0.15, 0.2) is 67.0 Å². The van der Waals surface area contributed by atoms with Crippen molar-refractivity contribution in [3.63, 3.8) is 0 Å². The minimum absolute atomic E-state index is 0.152. The van der Waals surface area contributed by atoms with Gasteiger partial charge in [-0.05, 0) is 72.1 Å². The number of halogens is 1. The number of aromatic nitrogens is 2. The Bertz CT molecular complexity index is 1100. The van der Waals surface area contributed by atoms with Gasteiger partial charge in [0, 0.05) is 35.5 Å². The molecule has 27 heavy (non-hydrogen) atoms. The molecule has 0 bridgehead atoms. The molecular weight excluding hydrogens is 341 g/mol. The number of aryl methyl sites for hydroxylation is 1. The average molecular weight is 359 g/mol. The first-order valence-corrected chi connectivity index (χ1v) is 8.67. The van der Waals surface area contributed by atoms with E-state index in [-0.39, 0.29) is 11.7 Å². The van der Waals surface area contributed by atoms with E-state index in [4.69, 9.17) is 0 Å². The lowest BCUT2D eigenvalue weighted by molar-refractivity contribution is 0.0950. The molecule has 2 aromatic heterocycles. The number of hydrogen-bond donors (Lipinski definition) is 2. The van der Waals surface area contributed by atoms with Crippen molar-refractivity contribution in [2.75, 3.05) is 0 Å². The third-order valence-corrected chi connectivity index (χ3v) is 4.63. The highest BCUT2D eigenvalue weighted by molar-refractivity contribution is 5.94. The van der Waals surface area contributed by atoms with Crippen LogP contribution in [0.25, 0.3) is 22.2 Å². The van der Waals surface area contributed by atoms with Crippen molar-refractivity contribution in [2.24, 2.45) is 0 Å². The minimum atomic E-state index is -0.251. The second-order valence-electron chi connectivity index (χ2n) is 6.44. The number of rotatable bonds is 4. The van der Waals surface area contributed by atoms with Gasteiger partial charge in [0.2, 0.25) is 0 Å². The van der Waals surface area contributed by atoms with Crippen LogP contribution in [0.4, 0.5) is 4.39 Å². The maximum Gasteiger partial charge on any atom is 0.253 e. The zero-order valence-electron chi connectivity index (χ0n) is 14.8. The highest BCUT2D eigenvalue weighted by atomic mass is 19.1. The van der Waals surface area contributed by atoms with E-state index in [1.54, 1.807) is 36.7 Å². The summed E-state index contributed by atoms with van der Waals surface area (Å²) in [6, 6.07) is 16.0. The molecule has 4 aromatic rings. The fraction of sp³-hybridized carbons (Fsp3) is 0.0909. The minimum Gasteiger partial charge on any atom is -0.354 e. The summed E-state index contributed by atoms with van der Waals surface area (Å²) < 4.78 is 13.2. The van der Waals surface area contributed by atoms with Gasteiger partial charge >= 0.3 is 0 Å². The molecule has 1 amide bonds. The van der Waals surface area contributed by atoms with E-state index < -0.39 is 0 Å². The first-order chi connectivity index (χ1) is 13.1. The molecule has 5 heteroatoms. The van der Waals surface area contributed by atoms with E-state index in [0.717, 1.165) is 33.3 Å². The molecule has 0 unspecified atom stereocenters. The van der Waals surface area contributed by atoms with Crippen molar-refractivity contribution in [2.45, 2.75) is 13.5 Å². The van der Waals surface area contributed by atoms with Crippen LogP contribution in [0.3, 0.4) is 0 Å². The Balaban J connectivity index is 1.58. The van der Waals surface area contributed by atoms with Gasteiger partial charge in [-0.25, -0.2) is 4.39 Å². The molecule has 0 aliphatic rings. The van der Waals surface area contributed by atoms with Crippen LogP contribution in [-0.4, -0.2) is 15.9 Å². The standard InChI is InChI=1S/C22H18FN3O/c1-14-19-11-15(12-25-22(27)17-3-2-10-24-13-17)4-9-20(19)26-21(14)16-5-7-18(23)8-6-16/h2-11,13,26H,12H2,1H3,(H,25,27). The number of hydrogen-bond acceptors (Lipinski definition) is 2. The second-order valence-corrected chi connectivity index (χ2v) is 6.44. The number of carbonyl (C=O) groups excluding carboxylic acids is 1.